The van der Waals surface area contributed by atoms with Gasteiger partial charge in [-0.3, -0.25) is 14.3 Å². The SMILES string of the molecule is Cc1cn([C@H]2C[C@H](Nc3n[nH]c(N)n3)[C@@H](CO)O2)c(=O)[nH]c1=O. The van der Waals surface area contributed by atoms with Gasteiger partial charge in [-0.2, -0.15) is 4.98 Å². The lowest BCUT2D eigenvalue weighted by Gasteiger charge is -2.16. The molecular weight excluding hydrogens is 306 g/mol. The molecule has 3 rings (SSSR count). The molecule has 1 aliphatic rings. The van der Waals surface area contributed by atoms with Crippen molar-refractivity contribution >= 4 is 11.9 Å². The molecule has 0 unspecified atom stereocenters. The Bertz CT molecular complexity index is 810. The van der Waals surface area contributed by atoms with E-state index in [0.29, 0.717) is 12.0 Å². The van der Waals surface area contributed by atoms with Crippen LogP contribution in [0.5, 0.6) is 0 Å². The smallest absolute Gasteiger partial charge is 0.330 e. The van der Waals surface area contributed by atoms with Gasteiger partial charge < -0.3 is 20.9 Å². The van der Waals surface area contributed by atoms with Crippen LogP contribution < -0.4 is 22.3 Å². The second-order valence-corrected chi connectivity index (χ2v) is 5.32. The summed E-state index contributed by atoms with van der Waals surface area (Å²) in [4.78, 5) is 29.5. The zero-order chi connectivity index (χ0) is 16.6. The van der Waals surface area contributed by atoms with Crippen LogP contribution in [0.25, 0.3) is 0 Å². The summed E-state index contributed by atoms with van der Waals surface area (Å²) >= 11 is 0. The Hall–Kier alpha value is -2.66. The number of hydrogen-bond donors (Lipinski definition) is 5. The molecule has 3 atom stereocenters. The summed E-state index contributed by atoms with van der Waals surface area (Å²) in [6, 6.07) is -0.320. The third kappa shape index (κ3) is 2.96. The molecule has 1 fully saturated rings. The second-order valence-electron chi connectivity index (χ2n) is 5.32. The molecule has 11 heteroatoms. The highest BCUT2D eigenvalue weighted by Crippen LogP contribution is 2.29. The van der Waals surface area contributed by atoms with E-state index in [0.717, 1.165) is 0 Å². The van der Waals surface area contributed by atoms with Gasteiger partial charge in [0.15, 0.2) is 0 Å². The summed E-state index contributed by atoms with van der Waals surface area (Å²) in [6.07, 6.45) is 0.640. The van der Waals surface area contributed by atoms with Gasteiger partial charge in [-0.05, 0) is 6.92 Å². The molecule has 23 heavy (non-hydrogen) atoms. The van der Waals surface area contributed by atoms with Crippen molar-refractivity contribution in [2.45, 2.75) is 31.7 Å². The van der Waals surface area contributed by atoms with Crippen LogP contribution >= 0.6 is 0 Å². The predicted molar refractivity (Wildman–Crippen MR) is 79.9 cm³/mol. The lowest BCUT2D eigenvalue weighted by Crippen LogP contribution is -2.33. The molecule has 6 N–H and O–H groups in total. The summed E-state index contributed by atoms with van der Waals surface area (Å²) in [5.41, 5.74) is 4.85. The molecule has 2 aromatic rings. The van der Waals surface area contributed by atoms with Gasteiger partial charge in [0.05, 0.1) is 12.6 Å². The van der Waals surface area contributed by atoms with E-state index in [2.05, 4.69) is 25.5 Å². The number of ether oxygens (including phenoxy) is 1. The fraction of sp³-hybridized carbons (Fsp3) is 0.500. The molecular formula is C12H17N7O4. The molecule has 0 aromatic carbocycles. The zero-order valence-corrected chi connectivity index (χ0v) is 12.3. The Labute approximate surface area is 129 Å². The van der Waals surface area contributed by atoms with Crippen molar-refractivity contribution in [3.63, 3.8) is 0 Å². The number of nitrogens with zero attached hydrogens (tertiary/aromatic N) is 3. The van der Waals surface area contributed by atoms with E-state index in [1.54, 1.807) is 6.92 Å². The van der Waals surface area contributed by atoms with E-state index < -0.39 is 23.6 Å². The van der Waals surface area contributed by atoms with E-state index in [-0.39, 0.29) is 24.5 Å². The number of aromatic amines is 2. The van der Waals surface area contributed by atoms with Crippen molar-refractivity contribution in [2.75, 3.05) is 17.7 Å². The summed E-state index contributed by atoms with van der Waals surface area (Å²) in [6.45, 7) is 1.35. The molecule has 0 radical (unpaired) electrons. The molecule has 3 heterocycles. The highest BCUT2D eigenvalue weighted by Gasteiger charge is 2.37. The van der Waals surface area contributed by atoms with E-state index in [9.17, 15) is 14.7 Å². The lowest BCUT2D eigenvalue weighted by molar-refractivity contribution is -0.0262. The molecule has 0 amide bonds. The average molecular weight is 323 g/mol. The molecule has 1 saturated heterocycles. The van der Waals surface area contributed by atoms with Crippen molar-refractivity contribution < 1.29 is 9.84 Å². The largest absolute Gasteiger partial charge is 0.394 e. The van der Waals surface area contributed by atoms with Gasteiger partial charge in [-0.25, -0.2) is 9.89 Å². The highest BCUT2D eigenvalue weighted by atomic mass is 16.5. The Morgan fingerprint density at radius 3 is 3.00 bits per heavy atom. The molecule has 0 bridgehead atoms. The first-order chi connectivity index (χ1) is 11.0. The van der Waals surface area contributed by atoms with Gasteiger partial charge in [0.25, 0.3) is 5.56 Å². The Balaban J connectivity index is 1.82. The monoisotopic (exact) mass is 323 g/mol. The van der Waals surface area contributed by atoms with E-state index in [4.69, 9.17) is 10.5 Å². The number of nitrogens with one attached hydrogen (secondary N) is 3. The van der Waals surface area contributed by atoms with E-state index >= 15 is 0 Å². The fourth-order valence-corrected chi connectivity index (χ4v) is 2.53. The Morgan fingerprint density at radius 2 is 2.35 bits per heavy atom. The third-order valence-electron chi connectivity index (χ3n) is 3.69. The van der Waals surface area contributed by atoms with Crippen molar-refractivity contribution in [1.29, 1.82) is 0 Å². The number of nitrogen functional groups attached to an aromatic ring is 1. The van der Waals surface area contributed by atoms with E-state index in [1.165, 1.54) is 10.8 Å². The summed E-state index contributed by atoms with van der Waals surface area (Å²) < 4.78 is 6.99. The van der Waals surface area contributed by atoms with Crippen LogP contribution in [0.15, 0.2) is 15.8 Å². The average Bonchev–Trinajstić information content (AvgIpc) is 3.09. The van der Waals surface area contributed by atoms with Crippen LogP contribution in [0.4, 0.5) is 11.9 Å². The number of aryl methyl sites for hydroxylation is 1. The quantitative estimate of drug-likeness (QED) is 0.444. The van der Waals surface area contributed by atoms with Crippen LogP contribution in [0.1, 0.15) is 18.2 Å². The first-order valence-electron chi connectivity index (χ1n) is 7.00. The van der Waals surface area contributed by atoms with Gasteiger partial charge in [0, 0.05) is 18.2 Å². The molecule has 0 saturated carbocycles. The van der Waals surface area contributed by atoms with Crippen LogP contribution in [0, 0.1) is 6.92 Å². The molecule has 2 aromatic heterocycles. The number of rotatable bonds is 4. The van der Waals surface area contributed by atoms with Gasteiger partial charge in [0.2, 0.25) is 11.9 Å². The minimum atomic E-state index is -0.621. The maximum Gasteiger partial charge on any atom is 0.330 e. The van der Waals surface area contributed by atoms with Crippen molar-refractivity contribution in [3.8, 4) is 0 Å². The molecule has 11 nitrogen and oxygen atoms in total. The minimum Gasteiger partial charge on any atom is -0.394 e. The second kappa shape index (κ2) is 5.85. The number of anilines is 2. The van der Waals surface area contributed by atoms with Crippen LogP contribution in [0.2, 0.25) is 0 Å². The molecule has 0 aliphatic carbocycles. The number of H-pyrrole nitrogens is 2. The molecule has 0 spiro atoms. The first-order valence-corrected chi connectivity index (χ1v) is 7.00. The van der Waals surface area contributed by atoms with Gasteiger partial charge in [0.1, 0.15) is 12.3 Å². The Morgan fingerprint density at radius 1 is 1.57 bits per heavy atom. The number of aromatic nitrogens is 5. The Kier molecular flexibility index (Phi) is 3.88. The van der Waals surface area contributed by atoms with Crippen molar-refractivity contribution in [3.05, 3.63) is 32.6 Å². The maximum absolute atomic E-state index is 11.9. The zero-order valence-electron chi connectivity index (χ0n) is 12.3. The standard InChI is InChI=1S/C12H17N7O4/c1-5-3-19(12(22)15-9(5)21)8-2-6(7(4-20)23-8)14-11-16-10(13)17-18-11/h3,6-8,20H,2,4H2,1H3,(H,15,21,22)(H4,13,14,16,17,18)/t6-,7+,8+/m0/s1. The first kappa shape index (κ1) is 15.2. The fourth-order valence-electron chi connectivity index (χ4n) is 2.53. The maximum atomic E-state index is 11.9. The number of aliphatic hydroxyl groups excluding tert-OH is 1. The normalized spacial score (nSPS) is 24.0. The summed E-state index contributed by atoms with van der Waals surface area (Å²) in [7, 11) is 0. The van der Waals surface area contributed by atoms with Gasteiger partial charge in [-0.1, -0.05) is 0 Å². The topological polar surface area (TPSA) is 164 Å². The van der Waals surface area contributed by atoms with Crippen LogP contribution in [-0.2, 0) is 4.74 Å². The number of hydrogen-bond acceptors (Lipinski definition) is 8. The van der Waals surface area contributed by atoms with Crippen LogP contribution in [-0.4, -0.2) is 48.6 Å². The number of nitrogens with two attached hydrogens (primary N) is 1. The molecule has 1 aliphatic heterocycles. The van der Waals surface area contributed by atoms with Crippen molar-refractivity contribution in [2.24, 2.45) is 0 Å². The minimum absolute atomic E-state index is 0.163. The number of aliphatic hydroxyl groups is 1. The lowest BCUT2D eigenvalue weighted by atomic mass is 10.1. The van der Waals surface area contributed by atoms with E-state index in [1.807, 2.05) is 0 Å². The van der Waals surface area contributed by atoms with Gasteiger partial charge >= 0.3 is 5.69 Å². The third-order valence-corrected chi connectivity index (χ3v) is 3.69. The summed E-state index contributed by atoms with van der Waals surface area (Å²) in [5.74, 6) is 0.441. The highest BCUT2D eigenvalue weighted by molar-refractivity contribution is 5.31. The molecule has 124 valence electrons. The van der Waals surface area contributed by atoms with Crippen LogP contribution in [0.3, 0.4) is 0 Å². The predicted octanol–water partition coefficient (Wildman–Crippen LogP) is -1.69. The summed E-state index contributed by atoms with van der Waals surface area (Å²) in [5, 5.41) is 18.8. The van der Waals surface area contributed by atoms with Gasteiger partial charge in [-0.15, -0.1) is 5.10 Å². The van der Waals surface area contributed by atoms with Crippen molar-refractivity contribution in [1.82, 2.24) is 24.7 Å².